The van der Waals surface area contributed by atoms with Gasteiger partial charge < -0.3 is 5.11 Å². The molecule has 1 aromatic rings. The predicted molar refractivity (Wildman–Crippen MR) is 120 cm³/mol. The van der Waals surface area contributed by atoms with Gasteiger partial charge in [-0.2, -0.15) is 13.2 Å². The van der Waals surface area contributed by atoms with Gasteiger partial charge in [-0.3, -0.25) is 0 Å². The number of aliphatic hydroxyl groups is 1. The average Bonchev–Trinajstić information content (AvgIpc) is 2.77. The molecule has 0 bridgehead atoms. The van der Waals surface area contributed by atoms with Crippen molar-refractivity contribution in [1.82, 2.24) is 0 Å². The van der Waals surface area contributed by atoms with E-state index in [1.54, 1.807) is 12.1 Å². The number of alkyl halides is 3. The van der Waals surface area contributed by atoms with E-state index in [4.69, 9.17) is 0 Å². The third-order valence-electron chi connectivity index (χ3n) is 7.38. The van der Waals surface area contributed by atoms with E-state index in [0.717, 1.165) is 43.6 Å². The number of halogens is 3. The summed E-state index contributed by atoms with van der Waals surface area (Å²) in [5, 5.41) is 10.4. The Morgan fingerprint density at radius 3 is 2.13 bits per heavy atom. The number of aliphatic hydroxyl groups excluding tert-OH is 1. The van der Waals surface area contributed by atoms with Gasteiger partial charge in [-0.25, -0.2) is 0 Å². The highest BCUT2D eigenvalue weighted by molar-refractivity contribution is 5.27. The van der Waals surface area contributed by atoms with Crippen molar-refractivity contribution in [1.29, 1.82) is 0 Å². The van der Waals surface area contributed by atoms with Crippen LogP contribution in [0.3, 0.4) is 0 Å². The van der Waals surface area contributed by atoms with Crippen molar-refractivity contribution in [3.05, 3.63) is 35.4 Å². The highest BCUT2D eigenvalue weighted by atomic mass is 19.4. The largest absolute Gasteiger partial charge is 0.416 e. The topological polar surface area (TPSA) is 20.2 Å². The standard InChI is InChI=1S/C27H37F3O/c1-2-3-4-20-5-7-22(8-6-20)19-26(31)18-11-21-9-12-23(13-10-21)24-14-16-25(17-15-24)27(28,29)30/h14-17,20-23,26,31H,2-10,12-13,19H2,1H3. The van der Waals surface area contributed by atoms with E-state index in [-0.39, 0.29) is 0 Å². The molecule has 0 amide bonds. The van der Waals surface area contributed by atoms with Crippen molar-refractivity contribution in [3.8, 4) is 11.8 Å². The Bertz CT molecular complexity index is 712. The highest BCUT2D eigenvalue weighted by Gasteiger charge is 2.30. The van der Waals surface area contributed by atoms with Crippen molar-refractivity contribution >= 4 is 0 Å². The molecule has 1 aromatic carbocycles. The van der Waals surface area contributed by atoms with Crippen LogP contribution in [-0.2, 0) is 6.18 Å². The van der Waals surface area contributed by atoms with Crippen LogP contribution >= 0.6 is 0 Å². The lowest BCUT2D eigenvalue weighted by molar-refractivity contribution is -0.137. The van der Waals surface area contributed by atoms with Gasteiger partial charge in [0, 0.05) is 5.92 Å². The third-order valence-corrected chi connectivity index (χ3v) is 7.38. The minimum Gasteiger partial charge on any atom is -0.380 e. The number of hydrogen-bond donors (Lipinski definition) is 1. The van der Waals surface area contributed by atoms with Crippen molar-refractivity contribution in [3.63, 3.8) is 0 Å². The molecule has 4 heteroatoms. The molecule has 31 heavy (non-hydrogen) atoms. The zero-order chi connectivity index (χ0) is 22.3. The molecule has 0 saturated heterocycles. The van der Waals surface area contributed by atoms with E-state index in [1.165, 1.54) is 57.1 Å². The lowest BCUT2D eigenvalue weighted by atomic mass is 9.77. The first-order valence-corrected chi connectivity index (χ1v) is 12.2. The predicted octanol–water partition coefficient (Wildman–Crippen LogP) is 7.73. The van der Waals surface area contributed by atoms with Crippen LogP contribution < -0.4 is 0 Å². The summed E-state index contributed by atoms with van der Waals surface area (Å²) in [7, 11) is 0. The lowest BCUT2D eigenvalue weighted by Crippen LogP contribution is -2.19. The minimum absolute atomic E-state index is 0.296. The van der Waals surface area contributed by atoms with E-state index in [2.05, 4.69) is 18.8 Å². The summed E-state index contributed by atoms with van der Waals surface area (Å²) < 4.78 is 38.2. The summed E-state index contributed by atoms with van der Waals surface area (Å²) in [6, 6.07) is 5.63. The fourth-order valence-electron chi connectivity index (χ4n) is 5.35. The molecule has 0 heterocycles. The zero-order valence-electron chi connectivity index (χ0n) is 18.8. The van der Waals surface area contributed by atoms with Crippen LogP contribution in [0.1, 0.15) is 101 Å². The summed E-state index contributed by atoms with van der Waals surface area (Å²) in [4.78, 5) is 0. The lowest BCUT2D eigenvalue weighted by Gasteiger charge is -2.29. The van der Waals surface area contributed by atoms with Gasteiger partial charge in [0.2, 0.25) is 0 Å². The van der Waals surface area contributed by atoms with Gasteiger partial charge in [-0.1, -0.05) is 75.8 Å². The molecule has 1 unspecified atom stereocenters. The second-order valence-corrected chi connectivity index (χ2v) is 9.74. The molecular weight excluding hydrogens is 397 g/mol. The Hall–Kier alpha value is -1.47. The van der Waals surface area contributed by atoms with Crippen molar-refractivity contribution < 1.29 is 18.3 Å². The normalized spacial score (nSPS) is 27.9. The Kier molecular flexibility index (Phi) is 8.90. The fraction of sp³-hybridized carbons (Fsp3) is 0.704. The smallest absolute Gasteiger partial charge is 0.380 e. The molecule has 2 fully saturated rings. The second-order valence-electron chi connectivity index (χ2n) is 9.74. The maximum Gasteiger partial charge on any atom is 0.416 e. The summed E-state index contributed by atoms with van der Waals surface area (Å²) in [6.07, 6.45) is 8.84. The van der Waals surface area contributed by atoms with Gasteiger partial charge in [0.05, 0.1) is 5.56 Å². The van der Waals surface area contributed by atoms with Gasteiger partial charge in [-0.05, 0) is 67.6 Å². The summed E-state index contributed by atoms with van der Waals surface area (Å²) in [5.41, 5.74) is 0.410. The maximum absolute atomic E-state index is 12.7. The number of unbranched alkanes of at least 4 members (excludes halogenated alkanes) is 1. The summed E-state index contributed by atoms with van der Waals surface area (Å²) in [6.45, 7) is 2.25. The van der Waals surface area contributed by atoms with Gasteiger partial charge in [0.25, 0.3) is 0 Å². The molecule has 172 valence electrons. The van der Waals surface area contributed by atoms with Gasteiger partial charge >= 0.3 is 6.18 Å². The SMILES string of the molecule is CCCCC1CCC(CC(O)C#CC2CCC(c3ccc(C(F)(F)F)cc3)CC2)CC1. The Morgan fingerprint density at radius 1 is 0.935 bits per heavy atom. The third kappa shape index (κ3) is 7.56. The second kappa shape index (κ2) is 11.4. The molecule has 0 spiro atoms. The van der Waals surface area contributed by atoms with Crippen LogP contribution in [0.2, 0.25) is 0 Å². The number of hydrogen-bond acceptors (Lipinski definition) is 1. The van der Waals surface area contributed by atoms with E-state index < -0.39 is 17.8 Å². The first-order chi connectivity index (χ1) is 14.8. The molecule has 3 rings (SSSR count). The monoisotopic (exact) mass is 434 g/mol. The quantitative estimate of drug-likeness (QED) is 0.454. The molecule has 0 radical (unpaired) electrons. The van der Waals surface area contributed by atoms with Crippen LogP contribution in [-0.4, -0.2) is 11.2 Å². The van der Waals surface area contributed by atoms with E-state index in [9.17, 15) is 18.3 Å². The number of rotatable bonds is 6. The van der Waals surface area contributed by atoms with Crippen molar-refractivity contribution in [2.24, 2.45) is 17.8 Å². The first kappa shape index (κ1) is 24.2. The van der Waals surface area contributed by atoms with Gasteiger partial charge in [-0.15, -0.1) is 0 Å². The molecule has 0 aromatic heterocycles. The zero-order valence-corrected chi connectivity index (χ0v) is 18.8. The Balaban J connectivity index is 1.39. The highest BCUT2D eigenvalue weighted by Crippen LogP contribution is 2.37. The van der Waals surface area contributed by atoms with Gasteiger partial charge in [0.15, 0.2) is 0 Å². The Morgan fingerprint density at radius 2 is 1.55 bits per heavy atom. The molecule has 2 saturated carbocycles. The van der Waals surface area contributed by atoms with Crippen molar-refractivity contribution in [2.45, 2.75) is 102 Å². The van der Waals surface area contributed by atoms with Crippen LogP contribution in [0.5, 0.6) is 0 Å². The molecule has 1 N–H and O–H groups in total. The van der Waals surface area contributed by atoms with E-state index in [0.29, 0.717) is 17.8 Å². The minimum atomic E-state index is -4.28. The molecule has 2 aliphatic carbocycles. The van der Waals surface area contributed by atoms with Crippen LogP contribution in [0.25, 0.3) is 0 Å². The fourth-order valence-corrected chi connectivity index (χ4v) is 5.35. The molecule has 0 aliphatic heterocycles. The van der Waals surface area contributed by atoms with Crippen LogP contribution in [0.15, 0.2) is 24.3 Å². The van der Waals surface area contributed by atoms with Crippen molar-refractivity contribution in [2.75, 3.05) is 0 Å². The molecular formula is C27H37F3O. The summed E-state index contributed by atoms with van der Waals surface area (Å²) >= 11 is 0. The molecule has 2 aliphatic rings. The van der Waals surface area contributed by atoms with E-state index in [1.807, 2.05) is 0 Å². The first-order valence-electron chi connectivity index (χ1n) is 12.2. The maximum atomic E-state index is 12.7. The molecule has 1 atom stereocenters. The number of benzene rings is 1. The van der Waals surface area contributed by atoms with E-state index >= 15 is 0 Å². The van der Waals surface area contributed by atoms with Crippen LogP contribution in [0, 0.1) is 29.6 Å². The Labute approximate surface area is 185 Å². The molecule has 1 nitrogen and oxygen atoms in total. The van der Waals surface area contributed by atoms with Crippen LogP contribution in [0.4, 0.5) is 13.2 Å². The average molecular weight is 435 g/mol. The summed E-state index contributed by atoms with van der Waals surface area (Å²) in [5.74, 6) is 8.51. The van der Waals surface area contributed by atoms with Gasteiger partial charge in [0.1, 0.15) is 6.10 Å².